The predicted molar refractivity (Wildman–Crippen MR) is 192 cm³/mol. The van der Waals surface area contributed by atoms with Gasteiger partial charge in [-0.3, -0.25) is 24.0 Å². The third-order valence-electron chi connectivity index (χ3n) is 11.4. The van der Waals surface area contributed by atoms with Crippen molar-refractivity contribution in [2.24, 2.45) is 45.8 Å². The first kappa shape index (κ1) is 27.7. The molecule has 4 fully saturated rings. The summed E-state index contributed by atoms with van der Waals surface area (Å²) in [5.74, 6) is -6.99. The third-order valence-corrected chi connectivity index (χ3v) is 14.1. The molecule has 0 aromatic heterocycles. The highest BCUT2D eigenvalue weighted by Crippen LogP contribution is 2.65. The molecule has 0 bridgehead atoms. The maximum atomic E-state index is 14.8. The second-order valence-electron chi connectivity index (χ2n) is 17.8. The van der Waals surface area contributed by atoms with Gasteiger partial charge in [0.15, 0.2) is 21.4 Å². The predicted octanol–water partition coefficient (Wildman–Crippen LogP) is 7.35. The van der Waals surface area contributed by atoms with E-state index in [-0.39, 0.29) is 48.3 Å². The number of Topliss-reactive ketones (excluding diaryl/α,β-unsaturated/α-hetero) is 4. The van der Waals surface area contributed by atoms with E-state index in [9.17, 15) is 32.4 Å². The quantitative estimate of drug-likeness (QED) is 0.145. The summed E-state index contributed by atoms with van der Waals surface area (Å²) in [6, 6.07) is -0.982. The summed E-state index contributed by atoms with van der Waals surface area (Å²) in [5.41, 5.74) is -4.71. The minimum absolute atomic E-state index is 0.0925. The van der Waals surface area contributed by atoms with E-state index < -0.39 is 117 Å². The van der Waals surface area contributed by atoms with Gasteiger partial charge in [0, 0.05) is 57.8 Å². The Labute approximate surface area is 310 Å². The number of fused-ring (bicyclic) bond motifs is 1. The first-order valence-electron chi connectivity index (χ1n) is 23.0. The van der Waals surface area contributed by atoms with Gasteiger partial charge in [-0.15, -0.1) is 0 Å². The number of rotatable bonds is 17. The maximum absolute atomic E-state index is 14.8. The average molecular weight is 714 g/mol. The number of sulfone groups is 1. The van der Waals surface area contributed by atoms with Crippen molar-refractivity contribution in [1.29, 1.82) is 0 Å². The lowest BCUT2D eigenvalue weighted by atomic mass is 9.70. The topological polar surface area (TPSA) is 123 Å². The molecule has 0 aromatic carbocycles. The summed E-state index contributed by atoms with van der Waals surface area (Å²) in [4.78, 5) is 71.4. The smallest absolute Gasteiger partial charge is 0.227 e. The van der Waals surface area contributed by atoms with Crippen LogP contribution in [-0.4, -0.2) is 65.4 Å². The van der Waals surface area contributed by atoms with Crippen molar-refractivity contribution in [3.63, 3.8) is 0 Å². The zero-order chi connectivity index (χ0) is 45.7. The fraction of sp³-hybridized carbons (Fsp3) is 0.875. The zero-order valence-electron chi connectivity index (χ0n) is 41.0. The summed E-state index contributed by atoms with van der Waals surface area (Å²) in [7, 11) is -4.67. The van der Waals surface area contributed by atoms with E-state index in [1.165, 1.54) is 25.7 Å². The van der Waals surface area contributed by atoms with E-state index in [0.29, 0.717) is 12.8 Å². The summed E-state index contributed by atoms with van der Waals surface area (Å²) in [6.07, 6.45) is -18.0. The molecule has 8 nitrogen and oxygen atoms in total. The minimum atomic E-state index is -4.67. The van der Waals surface area contributed by atoms with Gasteiger partial charge in [0.05, 0.1) is 16.5 Å². The number of nitrogens with zero attached hydrogens (tertiary/aromatic N) is 1. The van der Waals surface area contributed by atoms with Gasteiger partial charge in [0.2, 0.25) is 11.7 Å². The van der Waals surface area contributed by atoms with Crippen LogP contribution in [0.1, 0.15) is 166 Å². The average Bonchev–Trinajstić information content (AvgIpc) is 3.93. The SMILES string of the molecule is [2H]C1([2H])C([2H])([2H])C([2H])([2H])C(CC(=O)C[C@H](C(=O)N2CC3[C@@H](C2C(=O)C[C@@H](CCCC)C(=O)C(=O)CC2CC2)C3(C)C)C(C)(C)C)(CS(=O)(=O)C(C)(C)C)C([2H])([2H])C1([2H])[2H]. The number of hydrogen-bond acceptors (Lipinski definition) is 7. The van der Waals surface area contributed by atoms with Gasteiger partial charge < -0.3 is 4.90 Å². The lowest BCUT2D eigenvalue weighted by molar-refractivity contribution is -0.148. The molecule has 3 aliphatic carbocycles. The first-order valence-corrected chi connectivity index (χ1v) is 19.6. The van der Waals surface area contributed by atoms with Crippen LogP contribution < -0.4 is 0 Å². The molecule has 9 heteroatoms. The molecule has 0 spiro atoms. The Hall–Kier alpha value is -1.90. The molecule has 0 radical (unpaired) electrons. The molecule has 4 rings (SSSR count). The summed E-state index contributed by atoms with van der Waals surface area (Å²) >= 11 is 0. The van der Waals surface area contributed by atoms with E-state index in [4.69, 9.17) is 13.7 Å². The summed E-state index contributed by atoms with van der Waals surface area (Å²) in [6.45, 7) is 14.7. The molecule has 0 aromatic rings. The lowest BCUT2D eigenvalue weighted by Gasteiger charge is -2.40. The van der Waals surface area contributed by atoms with Crippen LogP contribution >= 0.6 is 0 Å². The Morgan fingerprint density at radius 2 is 1.55 bits per heavy atom. The van der Waals surface area contributed by atoms with Gasteiger partial charge in [0.1, 0.15) is 5.78 Å². The highest BCUT2D eigenvalue weighted by molar-refractivity contribution is 7.92. The molecule has 278 valence electrons. The van der Waals surface area contributed by atoms with E-state index in [2.05, 4.69) is 0 Å². The fourth-order valence-corrected chi connectivity index (χ4v) is 8.98. The van der Waals surface area contributed by atoms with Gasteiger partial charge >= 0.3 is 0 Å². The zero-order valence-corrected chi connectivity index (χ0v) is 31.8. The van der Waals surface area contributed by atoms with Crippen LogP contribution in [0.4, 0.5) is 0 Å². The van der Waals surface area contributed by atoms with Crippen LogP contribution in [0.5, 0.6) is 0 Å². The van der Waals surface area contributed by atoms with Crippen LogP contribution in [0.25, 0.3) is 0 Å². The summed E-state index contributed by atoms with van der Waals surface area (Å²) in [5, 5.41) is 0. The van der Waals surface area contributed by atoms with Crippen molar-refractivity contribution in [3.8, 4) is 0 Å². The molecular weight excluding hydrogens is 639 g/mol. The number of hydrogen-bond donors (Lipinski definition) is 0. The van der Waals surface area contributed by atoms with Crippen LogP contribution in [0.2, 0.25) is 0 Å². The fourth-order valence-electron chi connectivity index (χ4n) is 7.65. The number of carbonyl (C=O) groups excluding carboxylic acids is 5. The van der Waals surface area contributed by atoms with Crippen LogP contribution in [0.3, 0.4) is 0 Å². The standard InChI is InChI=1S/C40H65NO7S/c1-10-11-15-27(35(45)32(44)20-26-16-17-26)21-31(43)34-33-30(39(33,8)9)24-41(34)36(46)29(37(2,3)4)22-28(42)23-40(18-13-12-14-19-40)25-49(47,48)38(5,6)7/h26-27,29-30,33-34H,10-25H2,1-9H3/t27-,29-,30?,33+,34?/m1/s1/i12D2,13D2,14D2,18D2,19D2. The Kier molecular flexibility index (Phi) is 8.27. The Balaban J connectivity index is 1.74. The molecule has 5 atom stereocenters. The van der Waals surface area contributed by atoms with Crippen molar-refractivity contribution in [1.82, 2.24) is 4.90 Å². The van der Waals surface area contributed by atoms with Crippen LogP contribution in [0.15, 0.2) is 0 Å². The second-order valence-corrected chi connectivity index (χ2v) is 20.5. The second kappa shape index (κ2) is 14.6. The molecule has 1 heterocycles. The number of likely N-dealkylation sites (tertiary alicyclic amines) is 1. The largest absolute Gasteiger partial charge is 0.332 e. The number of unbranched alkanes of at least 4 members (excludes halogenated alkanes) is 1. The molecule has 0 N–H and O–H groups in total. The van der Waals surface area contributed by atoms with E-state index >= 15 is 0 Å². The monoisotopic (exact) mass is 714 g/mol. The lowest BCUT2D eigenvalue weighted by Crippen LogP contribution is -2.51. The molecule has 4 aliphatic rings. The first-order chi connectivity index (χ1) is 26.3. The highest BCUT2D eigenvalue weighted by atomic mass is 32.2. The number of ketones is 4. The normalized spacial score (nSPS) is 34.2. The molecule has 2 unspecified atom stereocenters. The number of amides is 1. The van der Waals surface area contributed by atoms with Crippen molar-refractivity contribution in [3.05, 3.63) is 0 Å². The van der Waals surface area contributed by atoms with Gasteiger partial charge in [-0.25, -0.2) is 8.42 Å². The summed E-state index contributed by atoms with van der Waals surface area (Å²) < 4.78 is 113. The van der Waals surface area contributed by atoms with Crippen molar-refractivity contribution in [2.45, 2.75) is 163 Å². The molecule has 3 saturated carbocycles. The molecule has 49 heavy (non-hydrogen) atoms. The Morgan fingerprint density at radius 3 is 2.08 bits per heavy atom. The Morgan fingerprint density at radius 1 is 0.939 bits per heavy atom. The molecule has 1 aliphatic heterocycles. The van der Waals surface area contributed by atoms with Crippen LogP contribution in [-0.2, 0) is 33.8 Å². The van der Waals surface area contributed by atoms with Gasteiger partial charge in [-0.05, 0) is 86.8 Å². The van der Waals surface area contributed by atoms with Crippen molar-refractivity contribution < 1.29 is 46.1 Å². The minimum Gasteiger partial charge on any atom is -0.332 e. The van der Waals surface area contributed by atoms with Crippen molar-refractivity contribution >= 4 is 38.9 Å². The van der Waals surface area contributed by atoms with Gasteiger partial charge in [-0.2, -0.15) is 0 Å². The van der Waals surface area contributed by atoms with E-state index in [1.54, 1.807) is 20.8 Å². The molecule has 1 saturated heterocycles. The van der Waals surface area contributed by atoms with Gasteiger partial charge in [-0.1, -0.05) is 73.5 Å². The number of piperidine rings is 1. The van der Waals surface area contributed by atoms with Gasteiger partial charge in [0.25, 0.3) is 0 Å². The van der Waals surface area contributed by atoms with E-state index in [0.717, 1.165) is 19.3 Å². The van der Waals surface area contributed by atoms with Crippen LogP contribution in [0, 0.1) is 45.8 Å². The Bertz CT molecular complexity index is 1800. The molecular formula is C40H65NO7S. The van der Waals surface area contributed by atoms with E-state index in [1.807, 2.05) is 20.8 Å². The maximum Gasteiger partial charge on any atom is 0.227 e. The van der Waals surface area contributed by atoms with Crippen molar-refractivity contribution in [2.75, 3.05) is 12.3 Å². The molecule has 1 amide bonds. The third kappa shape index (κ3) is 9.13. The highest BCUT2D eigenvalue weighted by Gasteiger charge is 2.69. The number of carbonyl (C=O) groups is 5.